The monoisotopic (exact) mass is 317 g/mol. The maximum atomic E-state index is 12.0. The van der Waals surface area contributed by atoms with Crippen molar-refractivity contribution in [2.45, 2.75) is 25.2 Å². The zero-order valence-corrected chi connectivity index (χ0v) is 13.0. The molecular formula is C15H15N3OS2. The van der Waals surface area contributed by atoms with Gasteiger partial charge in [0, 0.05) is 16.9 Å². The molecule has 3 rings (SSSR count). The highest BCUT2D eigenvalue weighted by Crippen LogP contribution is 2.40. The number of nitrogens with two attached hydrogens (primary N) is 1. The smallest absolute Gasteiger partial charge is 0.230 e. The van der Waals surface area contributed by atoms with Gasteiger partial charge >= 0.3 is 0 Å². The minimum atomic E-state index is -0.0604. The van der Waals surface area contributed by atoms with Gasteiger partial charge in [0.25, 0.3) is 0 Å². The molecule has 1 aliphatic carbocycles. The molecule has 0 spiro atoms. The molecule has 2 aromatic rings. The Morgan fingerprint density at radius 3 is 2.71 bits per heavy atom. The molecular weight excluding hydrogens is 302 g/mol. The van der Waals surface area contributed by atoms with Gasteiger partial charge in [0.2, 0.25) is 5.91 Å². The molecule has 108 valence electrons. The normalized spacial score (nSPS) is 13.9. The van der Waals surface area contributed by atoms with E-state index in [0.717, 1.165) is 16.8 Å². The van der Waals surface area contributed by atoms with Crippen molar-refractivity contribution in [1.82, 2.24) is 4.98 Å². The van der Waals surface area contributed by atoms with Gasteiger partial charge in [-0.15, -0.1) is 11.3 Å². The number of hydrogen-bond donors (Lipinski definition) is 2. The zero-order valence-electron chi connectivity index (χ0n) is 11.3. The summed E-state index contributed by atoms with van der Waals surface area (Å²) in [5.74, 6) is 0.550. The Balaban J connectivity index is 1.58. The van der Waals surface area contributed by atoms with Crippen molar-refractivity contribution >= 4 is 39.6 Å². The lowest BCUT2D eigenvalue weighted by molar-refractivity contribution is -0.115. The van der Waals surface area contributed by atoms with Crippen LogP contribution in [0.15, 0.2) is 29.6 Å². The van der Waals surface area contributed by atoms with Crippen LogP contribution in [0.5, 0.6) is 0 Å². The summed E-state index contributed by atoms with van der Waals surface area (Å²) in [5.41, 5.74) is 8.38. The number of anilines is 1. The van der Waals surface area contributed by atoms with E-state index in [1.54, 1.807) is 0 Å². The summed E-state index contributed by atoms with van der Waals surface area (Å²) in [5, 5.41) is 5.56. The molecule has 1 heterocycles. The lowest BCUT2D eigenvalue weighted by atomic mass is 10.1. The van der Waals surface area contributed by atoms with Crippen molar-refractivity contribution in [1.29, 1.82) is 0 Å². The van der Waals surface area contributed by atoms with Gasteiger partial charge in [-0.25, -0.2) is 4.98 Å². The van der Waals surface area contributed by atoms with Crippen LogP contribution in [0, 0.1) is 0 Å². The molecule has 0 saturated heterocycles. The van der Waals surface area contributed by atoms with Crippen LogP contribution in [0.25, 0.3) is 0 Å². The van der Waals surface area contributed by atoms with Gasteiger partial charge in [-0.1, -0.05) is 36.5 Å². The van der Waals surface area contributed by atoms with Gasteiger partial charge in [0.05, 0.1) is 12.1 Å². The first-order valence-corrected chi connectivity index (χ1v) is 8.04. The summed E-state index contributed by atoms with van der Waals surface area (Å²) < 4.78 is 0. The third-order valence-electron chi connectivity index (χ3n) is 3.37. The van der Waals surface area contributed by atoms with Gasteiger partial charge in [-0.3, -0.25) is 4.79 Å². The quantitative estimate of drug-likeness (QED) is 0.832. The lowest BCUT2D eigenvalue weighted by Crippen LogP contribution is -2.14. The lowest BCUT2D eigenvalue weighted by Gasteiger charge is -2.03. The summed E-state index contributed by atoms with van der Waals surface area (Å²) in [6, 6.07) is 7.40. The first-order valence-electron chi connectivity index (χ1n) is 6.76. The van der Waals surface area contributed by atoms with Gasteiger partial charge in [-0.2, -0.15) is 0 Å². The van der Waals surface area contributed by atoms with Crippen molar-refractivity contribution in [3.05, 3.63) is 46.5 Å². The van der Waals surface area contributed by atoms with Crippen LogP contribution >= 0.6 is 23.6 Å². The molecule has 0 unspecified atom stereocenters. The maximum absolute atomic E-state index is 12.0. The summed E-state index contributed by atoms with van der Waals surface area (Å²) in [7, 11) is 0. The summed E-state index contributed by atoms with van der Waals surface area (Å²) in [4.78, 5) is 16.8. The highest BCUT2D eigenvalue weighted by atomic mass is 32.1. The Hall–Kier alpha value is -1.79. The second kappa shape index (κ2) is 5.91. The van der Waals surface area contributed by atoms with Gasteiger partial charge in [-0.05, 0) is 18.4 Å². The standard InChI is InChI=1S/C15H15N3OS2/c16-14(20)11-3-1-9(2-4-11)7-13(19)18-15-17-12(8-21-15)10-5-6-10/h1-4,8,10H,5-7H2,(H2,16,20)(H,17,18,19). The Morgan fingerprint density at radius 2 is 2.10 bits per heavy atom. The van der Waals surface area contributed by atoms with Crippen molar-refractivity contribution < 1.29 is 4.79 Å². The third-order valence-corrected chi connectivity index (χ3v) is 4.38. The molecule has 21 heavy (non-hydrogen) atoms. The molecule has 6 heteroatoms. The molecule has 4 nitrogen and oxygen atoms in total. The number of thiazole rings is 1. The number of carbonyl (C=O) groups excluding carboxylic acids is 1. The summed E-state index contributed by atoms with van der Waals surface area (Å²) >= 11 is 6.39. The van der Waals surface area contributed by atoms with Crippen LogP contribution in [0.2, 0.25) is 0 Å². The largest absolute Gasteiger partial charge is 0.389 e. The Kier molecular flexibility index (Phi) is 3.98. The highest BCUT2D eigenvalue weighted by molar-refractivity contribution is 7.80. The molecule has 0 radical (unpaired) electrons. The number of nitrogens with zero attached hydrogens (tertiary/aromatic N) is 1. The number of rotatable bonds is 5. The number of hydrogen-bond acceptors (Lipinski definition) is 4. The van der Waals surface area contributed by atoms with Gasteiger partial charge in [0.15, 0.2) is 5.13 Å². The second-order valence-corrected chi connectivity index (χ2v) is 6.44. The van der Waals surface area contributed by atoms with E-state index in [0.29, 0.717) is 22.5 Å². The number of amides is 1. The van der Waals surface area contributed by atoms with Crippen LogP contribution in [0.4, 0.5) is 5.13 Å². The molecule has 1 aromatic carbocycles. The van der Waals surface area contributed by atoms with Gasteiger partial charge < -0.3 is 11.1 Å². The molecule has 1 aliphatic rings. The molecule has 1 saturated carbocycles. The molecule has 0 bridgehead atoms. The number of benzene rings is 1. The van der Waals surface area contributed by atoms with Crippen LogP contribution in [0.1, 0.15) is 35.6 Å². The Labute approximate surface area is 132 Å². The van der Waals surface area contributed by atoms with Crippen LogP contribution < -0.4 is 11.1 Å². The van der Waals surface area contributed by atoms with Crippen molar-refractivity contribution in [2.24, 2.45) is 5.73 Å². The van der Waals surface area contributed by atoms with E-state index in [9.17, 15) is 4.79 Å². The van der Waals surface area contributed by atoms with Crippen molar-refractivity contribution in [2.75, 3.05) is 5.32 Å². The summed E-state index contributed by atoms with van der Waals surface area (Å²) in [6.45, 7) is 0. The number of carbonyl (C=O) groups is 1. The molecule has 1 aromatic heterocycles. The third kappa shape index (κ3) is 3.65. The van der Waals surface area contributed by atoms with E-state index < -0.39 is 0 Å². The first kappa shape index (κ1) is 14.2. The van der Waals surface area contributed by atoms with E-state index >= 15 is 0 Å². The minimum absolute atomic E-state index is 0.0604. The molecule has 1 fully saturated rings. The fraction of sp³-hybridized carbons (Fsp3) is 0.267. The van der Waals surface area contributed by atoms with Crippen molar-refractivity contribution in [3.8, 4) is 0 Å². The average molecular weight is 317 g/mol. The SMILES string of the molecule is NC(=S)c1ccc(CC(=O)Nc2nc(C3CC3)cs2)cc1. The predicted octanol–water partition coefficient (Wildman–Crippen LogP) is 2.84. The number of aromatic nitrogens is 1. The van der Waals surface area contributed by atoms with Crippen molar-refractivity contribution in [3.63, 3.8) is 0 Å². The van der Waals surface area contributed by atoms with Gasteiger partial charge in [0.1, 0.15) is 4.99 Å². The van der Waals surface area contributed by atoms with E-state index in [2.05, 4.69) is 10.3 Å². The van der Waals surface area contributed by atoms with Crippen LogP contribution in [-0.2, 0) is 11.2 Å². The number of nitrogens with one attached hydrogen (secondary N) is 1. The Bertz CT molecular complexity index is 674. The Morgan fingerprint density at radius 1 is 1.38 bits per heavy atom. The molecule has 0 aliphatic heterocycles. The second-order valence-electron chi connectivity index (χ2n) is 5.14. The van der Waals surface area contributed by atoms with E-state index in [1.165, 1.54) is 24.2 Å². The zero-order chi connectivity index (χ0) is 14.8. The average Bonchev–Trinajstić information content (AvgIpc) is 3.20. The molecule has 0 atom stereocenters. The maximum Gasteiger partial charge on any atom is 0.230 e. The van der Waals surface area contributed by atoms with E-state index in [1.807, 2.05) is 29.6 Å². The summed E-state index contributed by atoms with van der Waals surface area (Å²) in [6.07, 6.45) is 2.74. The van der Waals surface area contributed by atoms with Crippen LogP contribution in [-0.4, -0.2) is 15.9 Å². The van der Waals surface area contributed by atoms with E-state index in [-0.39, 0.29) is 5.91 Å². The predicted molar refractivity (Wildman–Crippen MR) is 88.8 cm³/mol. The first-order chi connectivity index (χ1) is 10.1. The number of thiocarbonyl (C=S) groups is 1. The van der Waals surface area contributed by atoms with Crippen LogP contribution in [0.3, 0.4) is 0 Å². The van der Waals surface area contributed by atoms with E-state index in [4.69, 9.17) is 18.0 Å². The minimum Gasteiger partial charge on any atom is -0.389 e. The molecule has 3 N–H and O–H groups in total. The highest BCUT2D eigenvalue weighted by Gasteiger charge is 2.26. The fourth-order valence-electron chi connectivity index (χ4n) is 2.05. The molecule has 1 amide bonds. The topological polar surface area (TPSA) is 68.0 Å². The fourth-order valence-corrected chi connectivity index (χ4v) is 2.99.